The van der Waals surface area contributed by atoms with Gasteiger partial charge in [-0.15, -0.1) is 0 Å². The normalized spacial score (nSPS) is 10.6. The highest BCUT2D eigenvalue weighted by molar-refractivity contribution is 5.69. The second-order valence-electron chi connectivity index (χ2n) is 2.95. The molecular weight excluding hydrogens is 184 g/mol. The molecule has 0 aromatic heterocycles. The predicted molar refractivity (Wildman–Crippen MR) is 54.0 cm³/mol. The summed E-state index contributed by atoms with van der Waals surface area (Å²) in [6, 6.07) is 0. The van der Waals surface area contributed by atoms with E-state index in [0.717, 1.165) is 13.1 Å². The van der Waals surface area contributed by atoms with Gasteiger partial charge in [0.1, 0.15) is 0 Å². The first-order valence-electron chi connectivity index (χ1n) is 4.72. The lowest BCUT2D eigenvalue weighted by Crippen LogP contribution is -2.34. The summed E-state index contributed by atoms with van der Waals surface area (Å²) in [6.45, 7) is 3.49. The fourth-order valence-corrected chi connectivity index (χ4v) is 1.09. The van der Waals surface area contributed by atoms with Gasteiger partial charge in [0.25, 0.3) is 0 Å². The number of ether oxygens (including phenoxy) is 2. The molecule has 0 heterocycles. The summed E-state index contributed by atoms with van der Waals surface area (Å²) in [5.41, 5.74) is 5.44. The van der Waals surface area contributed by atoms with E-state index in [1.54, 1.807) is 7.11 Å². The summed E-state index contributed by atoms with van der Waals surface area (Å²) in [7, 11) is 3.05. The number of nitrogens with zero attached hydrogens (tertiary/aromatic N) is 1. The lowest BCUT2D eigenvalue weighted by molar-refractivity contribution is -0.141. The molecule has 0 aromatic rings. The molecular formula is C9H20N2O3. The van der Waals surface area contributed by atoms with Crippen LogP contribution in [0.25, 0.3) is 0 Å². The highest BCUT2D eigenvalue weighted by Crippen LogP contribution is 1.92. The molecule has 0 aliphatic rings. The third-order valence-corrected chi connectivity index (χ3v) is 1.92. The SMILES string of the molecule is COCCN(CCN)CCC(=O)OC. The Morgan fingerprint density at radius 3 is 2.50 bits per heavy atom. The van der Waals surface area contributed by atoms with E-state index in [1.807, 2.05) is 0 Å². The van der Waals surface area contributed by atoms with Crippen LogP contribution in [0.5, 0.6) is 0 Å². The molecule has 84 valence electrons. The van der Waals surface area contributed by atoms with Gasteiger partial charge in [0, 0.05) is 33.3 Å². The molecule has 0 radical (unpaired) electrons. The lowest BCUT2D eigenvalue weighted by Gasteiger charge is -2.20. The summed E-state index contributed by atoms with van der Waals surface area (Å²) in [4.78, 5) is 13.0. The van der Waals surface area contributed by atoms with Crippen molar-refractivity contribution in [3.05, 3.63) is 0 Å². The second-order valence-corrected chi connectivity index (χ2v) is 2.95. The zero-order valence-corrected chi connectivity index (χ0v) is 8.99. The Morgan fingerprint density at radius 1 is 1.29 bits per heavy atom. The largest absolute Gasteiger partial charge is 0.469 e. The Morgan fingerprint density at radius 2 is 2.00 bits per heavy atom. The molecule has 0 saturated heterocycles. The van der Waals surface area contributed by atoms with E-state index < -0.39 is 0 Å². The number of carbonyl (C=O) groups excluding carboxylic acids is 1. The first kappa shape index (κ1) is 13.4. The van der Waals surface area contributed by atoms with Crippen molar-refractivity contribution >= 4 is 5.97 Å². The number of hydrogen-bond acceptors (Lipinski definition) is 5. The van der Waals surface area contributed by atoms with E-state index in [1.165, 1.54) is 7.11 Å². The molecule has 5 heteroatoms. The maximum absolute atomic E-state index is 10.9. The van der Waals surface area contributed by atoms with Crippen molar-refractivity contribution in [1.29, 1.82) is 0 Å². The molecule has 2 N–H and O–H groups in total. The van der Waals surface area contributed by atoms with Gasteiger partial charge in [-0.1, -0.05) is 0 Å². The summed E-state index contributed by atoms with van der Waals surface area (Å²) < 4.78 is 9.51. The first-order chi connectivity index (χ1) is 6.74. The minimum Gasteiger partial charge on any atom is -0.469 e. The predicted octanol–water partition coefficient (Wildman–Crippen LogP) is -0.543. The van der Waals surface area contributed by atoms with E-state index in [4.69, 9.17) is 10.5 Å². The zero-order valence-electron chi connectivity index (χ0n) is 8.99. The maximum Gasteiger partial charge on any atom is 0.306 e. The van der Waals surface area contributed by atoms with Crippen LogP contribution in [0.3, 0.4) is 0 Å². The monoisotopic (exact) mass is 204 g/mol. The summed E-state index contributed by atoms with van der Waals surface area (Å²) in [5, 5.41) is 0. The molecule has 0 aromatic carbocycles. The van der Waals surface area contributed by atoms with Crippen LogP contribution in [0.2, 0.25) is 0 Å². The van der Waals surface area contributed by atoms with Crippen LogP contribution in [0, 0.1) is 0 Å². The molecule has 0 unspecified atom stereocenters. The molecule has 0 rings (SSSR count). The van der Waals surface area contributed by atoms with E-state index in [0.29, 0.717) is 26.1 Å². The third kappa shape index (κ3) is 6.82. The Labute approximate surface area is 85.1 Å². The van der Waals surface area contributed by atoms with Gasteiger partial charge in [-0.3, -0.25) is 9.69 Å². The molecule has 0 amide bonds. The molecule has 0 fully saturated rings. The molecule has 5 nitrogen and oxygen atoms in total. The zero-order chi connectivity index (χ0) is 10.8. The summed E-state index contributed by atoms with van der Waals surface area (Å²) in [5.74, 6) is -0.190. The molecule has 0 saturated carbocycles. The standard InChI is InChI=1S/C9H20N2O3/c1-13-8-7-11(6-4-10)5-3-9(12)14-2/h3-8,10H2,1-2H3. The third-order valence-electron chi connectivity index (χ3n) is 1.92. The minimum atomic E-state index is -0.190. The van der Waals surface area contributed by atoms with Gasteiger partial charge in [-0.05, 0) is 0 Å². The number of nitrogens with two attached hydrogens (primary N) is 1. The number of methoxy groups -OCH3 is 2. The van der Waals surface area contributed by atoms with Gasteiger partial charge >= 0.3 is 5.97 Å². The van der Waals surface area contributed by atoms with Crippen LogP contribution >= 0.6 is 0 Å². The highest BCUT2D eigenvalue weighted by atomic mass is 16.5. The second kappa shape index (κ2) is 8.93. The van der Waals surface area contributed by atoms with Crippen LogP contribution in [0.4, 0.5) is 0 Å². The van der Waals surface area contributed by atoms with Gasteiger partial charge in [0.15, 0.2) is 0 Å². The van der Waals surface area contributed by atoms with Crippen LogP contribution in [-0.2, 0) is 14.3 Å². The minimum absolute atomic E-state index is 0.190. The van der Waals surface area contributed by atoms with E-state index in [2.05, 4.69) is 9.64 Å². The number of carbonyl (C=O) groups is 1. The van der Waals surface area contributed by atoms with E-state index >= 15 is 0 Å². The van der Waals surface area contributed by atoms with Gasteiger partial charge in [0.2, 0.25) is 0 Å². The summed E-state index contributed by atoms with van der Waals surface area (Å²) in [6.07, 6.45) is 0.403. The topological polar surface area (TPSA) is 64.8 Å². The fourth-order valence-electron chi connectivity index (χ4n) is 1.09. The van der Waals surface area contributed by atoms with Crippen LogP contribution in [0.15, 0.2) is 0 Å². The molecule has 0 spiro atoms. The first-order valence-corrected chi connectivity index (χ1v) is 4.72. The van der Waals surface area contributed by atoms with Crippen molar-refractivity contribution in [1.82, 2.24) is 4.90 Å². The molecule has 0 aliphatic heterocycles. The average Bonchev–Trinajstić information content (AvgIpc) is 2.21. The fraction of sp³-hybridized carbons (Fsp3) is 0.889. The van der Waals surface area contributed by atoms with Gasteiger partial charge in [-0.2, -0.15) is 0 Å². The molecule has 0 aliphatic carbocycles. The smallest absolute Gasteiger partial charge is 0.306 e. The molecule has 14 heavy (non-hydrogen) atoms. The van der Waals surface area contributed by atoms with Crippen molar-refractivity contribution in [3.63, 3.8) is 0 Å². The Kier molecular flexibility index (Phi) is 8.51. The van der Waals surface area contributed by atoms with Gasteiger partial charge in [-0.25, -0.2) is 0 Å². The van der Waals surface area contributed by atoms with Crippen molar-refractivity contribution in [2.24, 2.45) is 5.73 Å². The number of esters is 1. The number of hydrogen-bond donors (Lipinski definition) is 1. The molecule has 0 atom stereocenters. The van der Waals surface area contributed by atoms with Gasteiger partial charge in [0.05, 0.1) is 20.1 Å². The summed E-state index contributed by atoms with van der Waals surface area (Å²) >= 11 is 0. The van der Waals surface area contributed by atoms with Crippen LogP contribution < -0.4 is 5.73 Å². The number of rotatable bonds is 8. The van der Waals surface area contributed by atoms with Crippen molar-refractivity contribution in [3.8, 4) is 0 Å². The van der Waals surface area contributed by atoms with Crippen LogP contribution in [-0.4, -0.2) is 57.9 Å². The Bertz CT molecular complexity index is 153. The van der Waals surface area contributed by atoms with E-state index in [-0.39, 0.29) is 5.97 Å². The van der Waals surface area contributed by atoms with E-state index in [9.17, 15) is 4.79 Å². The molecule has 0 bridgehead atoms. The van der Waals surface area contributed by atoms with Crippen molar-refractivity contribution in [2.45, 2.75) is 6.42 Å². The lowest BCUT2D eigenvalue weighted by atomic mass is 10.3. The van der Waals surface area contributed by atoms with Crippen molar-refractivity contribution in [2.75, 3.05) is 47.0 Å². The average molecular weight is 204 g/mol. The Balaban J connectivity index is 3.66. The highest BCUT2D eigenvalue weighted by Gasteiger charge is 2.06. The Hall–Kier alpha value is -0.650. The maximum atomic E-state index is 10.9. The van der Waals surface area contributed by atoms with Gasteiger partial charge < -0.3 is 15.2 Å². The van der Waals surface area contributed by atoms with Crippen LogP contribution in [0.1, 0.15) is 6.42 Å². The van der Waals surface area contributed by atoms with Crippen molar-refractivity contribution < 1.29 is 14.3 Å². The quantitative estimate of drug-likeness (QED) is 0.538.